The van der Waals surface area contributed by atoms with Crippen LogP contribution in [0.5, 0.6) is 0 Å². The smallest absolute Gasteiger partial charge is 0.267 e. The number of thiophene rings is 1. The molecule has 118 valence electrons. The van der Waals surface area contributed by atoms with E-state index in [1.165, 1.54) is 16.8 Å². The van der Waals surface area contributed by atoms with E-state index in [-0.39, 0.29) is 22.9 Å². The second kappa shape index (κ2) is 6.11. The van der Waals surface area contributed by atoms with Crippen LogP contribution in [-0.4, -0.2) is 24.7 Å². The number of hydrogen-bond donors (Lipinski definition) is 1. The van der Waals surface area contributed by atoms with Crippen LogP contribution in [0.1, 0.15) is 17.7 Å². The lowest BCUT2D eigenvalue weighted by molar-refractivity contribution is 0.542. The van der Waals surface area contributed by atoms with Gasteiger partial charge in [-0.2, -0.15) is 5.10 Å². The van der Waals surface area contributed by atoms with Crippen molar-refractivity contribution in [2.24, 2.45) is 0 Å². The Hall–Kier alpha value is -1.22. The van der Waals surface area contributed by atoms with Gasteiger partial charge in [0.2, 0.25) is 10.0 Å². The number of nitrogens with one attached hydrogen (secondary N) is 1. The Bertz CT molecular complexity index is 858. The van der Waals surface area contributed by atoms with Crippen molar-refractivity contribution >= 4 is 33.0 Å². The largest absolute Gasteiger partial charge is 0.268 e. The molecule has 0 saturated carbocycles. The second-order valence-electron chi connectivity index (χ2n) is 4.99. The van der Waals surface area contributed by atoms with Crippen molar-refractivity contribution in [2.75, 3.05) is 6.54 Å². The van der Waals surface area contributed by atoms with E-state index in [9.17, 15) is 13.2 Å². The van der Waals surface area contributed by atoms with E-state index in [1.807, 2.05) is 0 Å². The highest BCUT2D eigenvalue weighted by Gasteiger charge is 2.17. The van der Waals surface area contributed by atoms with Gasteiger partial charge < -0.3 is 0 Å². The van der Waals surface area contributed by atoms with E-state index in [2.05, 4.69) is 9.82 Å². The Kier molecular flexibility index (Phi) is 4.35. The van der Waals surface area contributed by atoms with Crippen LogP contribution in [0, 0.1) is 0 Å². The molecule has 0 radical (unpaired) electrons. The lowest BCUT2D eigenvalue weighted by Crippen LogP contribution is -2.32. The highest BCUT2D eigenvalue weighted by molar-refractivity contribution is 7.91. The van der Waals surface area contributed by atoms with Gasteiger partial charge in [0.1, 0.15) is 4.21 Å². The average Bonchev–Trinajstić information content (AvgIpc) is 3.07. The Morgan fingerprint density at radius 3 is 2.91 bits per heavy atom. The molecule has 0 bridgehead atoms. The summed E-state index contributed by atoms with van der Waals surface area (Å²) < 4.78 is 28.4. The van der Waals surface area contributed by atoms with Crippen molar-refractivity contribution < 1.29 is 8.42 Å². The van der Waals surface area contributed by atoms with Crippen LogP contribution in [0.3, 0.4) is 0 Å². The maximum absolute atomic E-state index is 12.0. The topological polar surface area (TPSA) is 81.1 Å². The number of halogens is 1. The first-order valence-corrected chi connectivity index (χ1v) is 9.48. The van der Waals surface area contributed by atoms with Gasteiger partial charge in [0.25, 0.3) is 5.56 Å². The fraction of sp³-hybridized carbons (Fsp3) is 0.385. The summed E-state index contributed by atoms with van der Waals surface area (Å²) in [5, 5.41) is 4.30. The van der Waals surface area contributed by atoms with Crippen molar-refractivity contribution in [1.82, 2.24) is 14.5 Å². The molecule has 2 heterocycles. The van der Waals surface area contributed by atoms with Gasteiger partial charge in [-0.05, 0) is 37.0 Å². The summed E-state index contributed by atoms with van der Waals surface area (Å²) in [4.78, 5) is 11.9. The Balaban J connectivity index is 1.68. The summed E-state index contributed by atoms with van der Waals surface area (Å²) in [6.07, 6.45) is 2.77. The average molecular weight is 360 g/mol. The minimum atomic E-state index is -3.59. The van der Waals surface area contributed by atoms with E-state index in [0.717, 1.165) is 41.9 Å². The molecule has 0 aromatic carbocycles. The van der Waals surface area contributed by atoms with Crippen LogP contribution in [0.25, 0.3) is 0 Å². The van der Waals surface area contributed by atoms with Gasteiger partial charge in [-0.15, -0.1) is 11.3 Å². The maximum atomic E-state index is 12.0. The molecule has 0 unspecified atom stereocenters. The lowest BCUT2D eigenvalue weighted by Gasteiger charge is -2.08. The fourth-order valence-electron chi connectivity index (χ4n) is 2.40. The standard InChI is InChI=1S/C13H14ClN3O3S2/c14-11-4-5-13(21-11)22(19,20)15-6-7-17-12(18)8-9-2-1-3-10(9)16-17/h4-5,8,15H,1-3,6-7H2. The van der Waals surface area contributed by atoms with Crippen LogP contribution in [0.2, 0.25) is 4.34 Å². The lowest BCUT2D eigenvalue weighted by atomic mass is 10.2. The summed E-state index contributed by atoms with van der Waals surface area (Å²) in [6, 6.07) is 4.59. The molecule has 6 nitrogen and oxygen atoms in total. The van der Waals surface area contributed by atoms with Crippen LogP contribution in [0.15, 0.2) is 27.2 Å². The summed E-state index contributed by atoms with van der Waals surface area (Å²) >= 11 is 6.73. The Labute approximate surface area is 136 Å². The molecular formula is C13H14ClN3O3S2. The zero-order valence-electron chi connectivity index (χ0n) is 11.6. The summed E-state index contributed by atoms with van der Waals surface area (Å²) in [7, 11) is -3.59. The van der Waals surface area contributed by atoms with Gasteiger partial charge in [-0.25, -0.2) is 17.8 Å². The third-order valence-corrected chi connectivity index (χ3v) is 6.64. The fourth-order valence-corrected chi connectivity index (χ4v) is 4.95. The van der Waals surface area contributed by atoms with E-state index in [1.54, 1.807) is 6.07 Å². The molecule has 0 saturated heterocycles. The number of aryl methyl sites for hydroxylation is 2. The van der Waals surface area contributed by atoms with Gasteiger partial charge in [0.05, 0.1) is 16.6 Å². The highest BCUT2D eigenvalue weighted by Crippen LogP contribution is 2.25. The van der Waals surface area contributed by atoms with Gasteiger partial charge >= 0.3 is 0 Å². The Morgan fingerprint density at radius 2 is 2.18 bits per heavy atom. The predicted molar refractivity (Wildman–Crippen MR) is 85.0 cm³/mol. The zero-order chi connectivity index (χ0) is 15.7. The van der Waals surface area contributed by atoms with E-state index >= 15 is 0 Å². The van der Waals surface area contributed by atoms with Crippen LogP contribution < -0.4 is 10.3 Å². The molecule has 1 N–H and O–H groups in total. The summed E-state index contributed by atoms with van der Waals surface area (Å²) in [5.74, 6) is 0. The molecule has 1 aliphatic carbocycles. The van der Waals surface area contributed by atoms with E-state index in [0.29, 0.717) is 4.34 Å². The number of fused-ring (bicyclic) bond motifs is 1. The van der Waals surface area contributed by atoms with Crippen molar-refractivity contribution in [1.29, 1.82) is 0 Å². The number of nitrogens with zero attached hydrogens (tertiary/aromatic N) is 2. The van der Waals surface area contributed by atoms with Gasteiger partial charge in [-0.1, -0.05) is 11.6 Å². The molecule has 0 amide bonds. The minimum Gasteiger partial charge on any atom is -0.268 e. The summed E-state index contributed by atoms with van der Waals surface area (Å²) in [6.45, 7) is 0.300. The molecule has 9 heteroatoms. The van der Waals surface area contributed by atoms with Gasteiger partial charge in [-0.3, -0.25) is 4.79 Å². The molecule has 0 aliphatic heterocycles. The van der Waals surface area contributed by atoms with Crippen molar-refractivity contribution in [2.45, 2.75) is 30.0 Å². The molecule has 0 fully saturated rings. The predicted octanol–water partition coefficient (Wildman–Crippen LogP) is 1.43. The number of aromatic nitrogens is 2. The number of hydrogen-bond acceptors (Lipinski definition) is 5. The molecular weight excluding hydrogens is 346 g/mol. The minimum absolute atomic E-state index is 0.101. The molecule has 3 rings (SSSR count). The monoisotopic (exact) mass is 359 g/mol. The molecule has 2 aromatic rings. The van der Waals surface area contributed by atoms with Gasteiger partial charge in [0.15, 0.2) is 0 Å². The second-order valence-corrected chi connectivity index (χ2v) is 8.70. The molecule has 2 aromatic heterocycles. The van der Waals surface area contributed by atoms with Crippen LogP contribution in [-0.2, 0) is 29.4 Å². The first-order valence-electron chi connectivity index (χ1n) is 6.81. The first kappa shape index (κ1) is 15.7. The Morgan fingerprint density at radius 1 is 1.36 bits per heavy atom. The highest BCUT2D eigenvalue weighted by atomic mass is 35.5. The first-order chi connectivity index (χ1) is 10.5. The van der Waals surface area contributed by atoms with Crippen molar-refractivity contribution in [3.05, 3.63) is 44.1 Å². The molecule has 0 atom stereocenters. The van der Waals surface area contributed by atoms with Gasteiger partial charge in [0, 0.05) is 12.6 Å². The SMILES string of the molecule is O=c1cc2c(nn1CCNS(=O)(=O)c1ccc(Cl)s1)CCC2. The zero-order valence-corrected chi connectivity index (χ0v) is 14.0. The van der Waals surface area contributed by atoms with E-state index in [4.69, 9.17) is 11.6 Å². The van der Waals surface area contributed by atoms with Crippen molar-refractivity contribution in [3.63, 3.8) is 0 Å². The number of rotatable bonds is 5. The summed E-state index contributed by atoms with van der Waals surface area (Å²) in [5.41, 5.74) is 1.75. The molecule has 1 aliphatic rings. The molecule has 0 spiro atoms. The van der Waals surface area contributed by atoms with E-state index < -0.39 is 10.0 Å². The quantitative estimate of drug-likeness (QED) is 0.875. The third kappa shape index (κ3) is 3.24. The molecule has 22 heavy (non-hydrogen) atoms. The van der Waals surface area contributed by atoms with Crippen LogP contribution >= 0.6 is 22.9 Å². The number of sulfonamides is 1. The maximum Gasteiger partial charge on any atom is 0.267 e. The van der Waals surface area contributed by atoms with Crippen LogP contribution in [0.4, 0.5) is 0 Å². The van der Waals surface area contributed by atoms with Crippen molar-refractivity contribution in [3.8, 4) is 0 Å². The normalized spacial score (nSPS) is 14.2. The third-order valence-electron chi connectivity index (χ3n) is 3.45.